The summed E-state index contributed by atoms with van der Waals surface area (Å²) in [7, 11) is 4.81. The van der Waals surface area contributed by atoms with Gasteiger partial charge in [0.15, 0.2) is 0 Å². The van der Waals surface area contributed by atoms with Crippen LogP contribution in [0.2, 0.25) is 0 Å². The van der Waals surface area contributed by atoms with E-state index in [-0.39, 0.29) is 0 Å². The summed E-state index contributed by atoms with van der Waals surface area (Å²) < 4.78 is 18.3. The van der Waals surface area contributed by atoms with Gasteiger partial charge in [-0.1, -0.05) is 49.6 Å². The van der Waals surface area contributed by atoms with E-state index < -0.39 is 8.26 Å². The van der Waals surface area contributed by atoms with Gasteiger partial charge >= 0.3 is 8.26 Å². The van der Waals surface area contributed by atoms with E-state index >= 15 is 0 Å². The molecule has 0 aliphatic carbocycles. The molecule has 0 aliphatic heterocycles. The zero-order valence-electron chi connectivity index (χ0n) is 10.1. The highest BCUT2D eigenvalue weighted by Gasteiger charge is 1.91. The Balaban J connectivity index is 0.000000437. The maximum atomic E-state index is 9.16. The van der Waals surface area contributed by atoms with E-state index in [1.54, 1.807) is 0 Å². The molecule has 0 N–H and O–H groups in total. The van der Waals surface area contributed by atoms with Crippen molar-refractivity contribution >= 4 is 29.6 Å². The van der Waals surface area contributed by atoms with Crippen molar-refractivity contribution in [2.24, 2.45) is 0 Å². The van der Waals surface area contributed by atoms with Gasteiger partial charge in [0.2, 0.25) is 0 Å². The lowest BCUT2D eigenvalue weighted by Gasteiger charge is -2.00. The zero-order valence-corrected chi connectivity index (χ0v) is 12.4. The zero-order chi connectivity index (χ0) is 13.3. The fourth-order valence-electron chi connectivity index (χ4n) is 1.33. The smallest absolute Gasteiger partial charge is 0.195 e. The van der Waals surface area contributed by atoms with Gasteiger partial charge in [-0.15, -0.1) is 0 Å². The molecule has 0 aromatic heterocycles. The molecule has 1 aromatic rings. The third kappa shape index (κ3) is 13.7. The van der Waals surface area contributed by atoms with Crippen LogP contribution in [0.3, 0.4) is 0 Å². The molecule has 0 atom stereocenters. The van der Waals surface area contributed by atoms with Crippen molar-refractivity contribution in [2.75, 3.05) is 0 Å². The van der Waals surface area contributed by atoms with Gasteiger partial charge in [-0.05, 0) is 25.3 Å². The van der Waals surface area contributed by atoms with Crippen LogP contribution >= 0.6 is 21.4 Å². The summed E-state index contributed by atoms with van der Waals surface area (Å²) in [6.07, 6.45) is 5.24. The molecule has 5 heteroatoms. The molecule has 0 saturated carbocycles. The summed E-state index contributed by atoms with van der Waals surface area (Å²) in [4.78, 5) is 0. The fraction of sp³-hybridized carbons (Fsp3) is 0.500. The molecular weight excluding hydrogens is 279 g/mol. The fourth-order valence-corrected chi connectivity index (χ4v) is 1.33. The highest BCUT2D eigenvalue weighted by atomic mass is 36.0. The summed E-state index contributed by atoms with van der Waals surface area (Å²) in [5, 5.41) is 0. The molecule has 0 saturated heterocycles. The van der Waals surface area contributed by atoms with Crippen LogP contribution < -0.4 is 0 Å². The van der Waals surface area contributed by atoms with Crippen LogP contribution in [-0.4, -0.2) is 8.42 Å². The van der Waals surface area contributed by atoms with Crippen LogP contribution in [0, 0.1) is 6.92 Å². The maximum Gasteiger partial charge on any atom is 0.317 e. The normalized spacial score (nSPS) is 10.6. The van der Waals surface area contributed by atoms with Crippen LogP contribution in [0.5, 0.6) is 0 Å². The molecule has 0 amide bonds. The predicted molar refractivity (Wildman–Crippen MR) is 75.0 cm³/mol. The highest BCUT2D eigenvalue weighted by molar-refractivity contribution is 8.31. The van der Waals surface area contributed by atoms with Crippen molar-refractivity contribution in [3.8, 4) is 0 Å². The number of benzene rings is 1. The highest BCUT2D eigenvalue weighted by Crippen LogP contribution is 2.07. The molecular formula is C12H18Cl2O2S. The third-order valence-electron chi connectivity index (χ3n) is 2.19. The Morgan fingerprint density at radius 2 is 1.53 bits per heavy atom. The number of rotatable bonds is 4. The van der Waals surface area contributed by atoms with Crippen LogP contribution in [0.15, 0.2) is 24.3 Å². The Labute approximate surface area is 113 Å². The van der Waals surface area contributed by atoms with Gasteiger partial charge < -0.3 is 0 Å². The van der Waals surface area contributed by atoms with Crippen molar-refractivity contribution in [3.05, 3.63) is 35.4 Å². The summed E-state index contributed by atoms with van der Waals surface area (Å²) in [6, 6.07) is 8.87. The van der Waals surface area contributed by atoms with E-state index in [2.05, 4.69) is 59.5 Å². The first-order chi connectivity index (χ1) is 7.83. The summed E-state index contributed by atoms with van der Waals surface area (Å²) >= 11 is 0. The van der Waals surface area contributed by atoms with Crippen LogP contribution in [-0.2, 0) is 14.7 Å². The van der Waals surface area contributed by atoms with Crippen molar-refractivity contribution in [1.82, 2.24) is 0 Å². The van der Waals surface area contributed by atoms with Crippen LogP contribution in [0.25, 0.3) is 0 Å². The molecule has 0 aliphatic rings. The van der Waals surface area contributed by atoms with Gasteiger partial charge in [0.25, 0.3) is 0 Å². The maximum absolute atomic E-state index is 9.16. The van der Waals surface area contributed by atoms with E-state index in [0.29, 0.717) is 0 Å². The first-order valence-corrected chi connectivity index (χ1v) is 8.66. The quantitative estimate of drug-likeness (QED) is 0.608. The lowest BCUT2D eigenvalue weighted by Crippen LogP contribution is -1.84. The van der Waals surface area contributed by atoms with Gasteiger partial charge in [-0.3, -0.25) is 0 Å². The number of unbranched alkanes of at least 4 members (excludes halogenated alkanes) is 2. The molecule has 98 valence electrons. The van der Waals surface area contributed by atoms with E-state index in [4.69, 9.17) is 8.42 Å². The first kappa shape index (κ1) is 16.8. The largest absolute Gasteiger partial charge is 0.317 e. The SMILES string of the molecule is CCCCCc1ccc(C)cc1.O=S(=O)(Cl)Cl. The summed E-state index contributed by atoms with van der Waals surface area (Å²) in [6.45, 7) is 4.38. The van der Waals surface area contributed by atoms with E-state index in [1.807, 2.05) is 0 Å². The molecule has 1 rings (SSSR count). The predicted octanol–water partition coefficient (Wildman–Crippen LogP) is 4.44. The molecule has 2 nitrogen and oxygen atoms in total. The van der Waals surface area contributed by atoms with Crippen molar-refractivity contribution < 1.29 is 8.42 Å². The minimum atomic E-state index is -3.72. The second kappa shape index (κ2) is 8.78. The standard InChI is InChI=1S/C12H18.Cl2O2S/c1-3-4-5-6-12-9-7-11(2)8-10-12;1-5(2,3)4/h7-10H,3-6H2,1-2H3;. The Bertz CT molecular complexity index is 391. The first-order valence-electron chi connectivity index (χ1n) is 5.52. The molecule has 1 aromatic carbocycles. The van der Waals surface area contributed by atoms with E-state index in [0.717, 1.165) is 0 Å². The van der Waals surface area contributed by atoms with Gasteiger partial charge in [-0.25, -0.2) is 0 Å². The second-order valence-electron chi connectivity index (χ2n) is 3.82. The molecule has 0 bridgehead atoms. The molecule has 0 unspecified atom stereocenters. The van der Waals surface area contributed by atoms with E-state index in [9.17, 15) is 0 Å². The lowest BCUT2D eigenvalue weighted by molar-refractivity contribution is 0.621. The van der Waals surface area contributed by atoms with Crippen molar-refractivity contribution in [1.29, 1.82) is 0 Å². The van der Waals surface area contributed by atoms with Crippen LogP contribution in [0.4, 0.5) is 0 Å². The van der Waals surface area contributed by atoms with Crippen LogP contribution in [0.1, 0.15) is 37.3 Å². The van der Waals surface area contributed by atoms with Gasteiger partial charge in [0, 0.05) is 21.4 Å². The molecule has 0 heterocycles. The number of aryl methyl sites for hydroxylation is 2. The average molecular weight is 297 g/mol. The van der Waals surface area contributed by atoms with E-state index in [1.165, 1.54) is 36.8 Å². The number of hydrogen-bond donors (Lipinski definition) is 0. The minimum absolute atomic E-state index is 1.24. The Kier molecular flexibility index (Phi) is 8.66. The third-order valence-corrected chi connectivity index (χ3v) is 2.19. The second-order valence-corrected chi connectivity index (χ2v) is 7.49. The average Bonchev–Trinajstić information content (AvgIpc) is 2.19. The molecule has 0 radical (unpaired) electrons. The Morgan fingerprint density at radius 3 is 1.94 bits per heavy atom. The summed E-state index contributed by atoms with van der Waals surface area (Å²) in [5.74, 6) is 0. The molecule has 0 spiro atoms. The van der Waals surface area contributed by atoms with Gasteiger partial charge in [0.05, 0.1) is 0 Å². The summed E-state index contributed by atoms with van der Waals surface area (Å²) in [5.41, 5.74) is 2.84. The number of hydrogen-bond acceptors (Lipinski definition) is 2. The van der Waals surface area contributed by atoms with Gasteiger partial charge in [-0.2, -0.15) is 8.42 Å². The lowest BCUT2D eigenvalue weighted by atomic mass is 10.1. The van der Waals surface area contributed by atoms with Crippen molar-refractivity contribution in [2.45, 2.75) is 39.5 Å². The monoisotopic (exact) mass is 296 g/mol. The number of halogens is 2. The molecule has 0 fully saturated rings. The molecule has 17 heavy (non-hydrogen) atoms. The Morgan fingerprint density at radius 1 is 1.06 bits per heavy atom. The topological polar surface area (TPSA) is 34.1 Å². The minimum Gasteiger partial charge on any atom is -0.195 e. The Hall–Kier alpha value is -0.250. The van der Waals surface area contributed by atoms with Gasteiger partial charge in [0.1, 0.15) is 0 Å². The van der Waals surface area contributed by atoms with Crippen molar-refractivity contribution in [3.63, 3.8) is 0 Å².